The third-order valence-electron chi connectivity index (χ3n) is 7.10. The molecule has 5 rings (SSSR count). The Balaban J connectivity index is 1.15. The van der Waals surface area contributed by atoms with Crippen molar-refractivity contribution in [2.45, 2.75) is 38.8 Å². The normalized spacial score (nSPS) is 17.8. The number of fused-ring (bicyclic) bond motifs is 2. The average Bonchev–Trinajstić information content (AvgIpc) is 3.75. The summed E-state index contributed by atoms with van der Waals surface area (Å²) in [6.07, 6.45) is 11.7. The molecule has 0 saturated carbocycles. The Hall–Kier alpha value is -4.41. The van der Waals surface area contributed by atoms with Gasteiger partial charge < -0.3 is 24.8 Å². The van der Waals surface area contributed by atoms with Gasteiger partial charge in [0.05, 0.1) is 5.69 Å². The second-order valence-corrected chi connectivity index (χ2v) is 10.2. The zero-order chi connectivity index (χ0) is 29.5. The fourth-order valence-electron chi connectivity index (χ4n) is 5.02. The Kier molecular flexibility index (Phi) is 9.05. The van der Waals surface area contributed by atoms with E-state index in [-0.39, 0.29) is 18.4 Å². The van der Waals surface area contributed by atoms with Crippen LogP contribution in [-0.4, -0.2) is 59.0 Å². The zero-order valence-corrected chi connectivity index (χ0v) is 23.5. The third-order valence-corrected chi connectivity index (χ3v) is 7.10. The lowest BCUT2D eigenvalue weighted by Crippen LogP contribution is -2.75. The van der Waals surface area contributed by atoms with Crippen LogP contribution in [0.15, 0.2) is 71.3 Å². The number of alkyl halides is 2. The summed E-state index contributed by atoms with van der Waals surface area (Å²) >= 11 is 0. The molecule has 3 aliphatic rings. The van der Waals surface area contributed by atoms with Crippen LogP contribution >= 0.6 is 0 Å². The minimum Gasteiger partial charge on any atom is -0.862 e. The summed E-state index contributed by atoms with van der Waals surface area (Å²) in [6, 6.07) is 10.5. The van der Waals surface area contributed by atoms with Crippen molar-refractivity contribution in [2.75, 3.05) is 19.7 Å². The molecule has 42 heavy (non-hydrogen) atoms. The van der Waals surface area contributed by atoms with Crippen molar-refractivity contribution < 1.29 is 33.7 Å². The quantitative estimate of drug-likeness (QED) is 0.111. The Labute approximate surface area is 244 Å². The number of hydrogen-bond donors (Lipinski definition) is 3. The van der Waals surface area contributed by atoms with Crippen LogP contribution in [0.25, 0.3) is 18.2 Å². The number of nitrogens with zero attached hydrogens (tertiary/aromatic N) is 3. The van der Waals surface area contributed by atoms with E-state index in [0.29, 0.717) is 54.7 Å². The number of rotatable bonds is 13. The number of hydrogen-bond acceptors (Lipinski definition) is 4. The second kappa shape index (κ2) is 13.1. The predicted molar refractivity (Wildman–Crippen MR) is 160 cm³/mol. The van der Waals surface area contributed by atoms with Crippen LogP contribution < -0.4 is 19.8 Å². The monoisotopic (exact) mass is 573 g/mol. The molecule has 3 N–H and O–H groups in total. The van der Waals surface area contributed by atoms with E-state index in [1.165, 1.54) is 0 Å². The lowest BCUT2D eigenvalue weighted by atomic mass is 9.55. The maximum Gasteiger partial charge on any atom is 0.407 e. The molecule has 0 amide bonds. The minimum atomic E-state index is -3.27. The van der Waals surface area contributed by atoms with E-state index in [1.807, 2.05) is 25.1 Å². The van der Waals surface area contributed by atoms with Gasteiger partial charge in [-0.05, 0) is 79.3 Å². The molecule has 4 heterocycles. The van der Waals surface area contributed by atoms with Crippen molar-refractivity contribution in [3.63, 3.8) is 0 Å². The van der Waals surface area contributed by atoms with Gasteiger partial charge in [0, 0.05) is 30.4 Å². The molecule has 0 atom stereocenters. The molecule has 11 heteroatoms. The van der Waals surface area contributed by atoms with Gasteiger partial charge in [-0.15, -0.1) is 0 Å². The van der Waals surface area contributed by atoms with E-state index < -0.39 is 13.0 Å². The van der Waals surface area contributed by atoms with E-state index in [1.54, 1.807) is 66.8 Å². The Morgan fingerprint density at radius 1 is 1.17 bits per heavy atom. The van der Waals surface area contributed by atoms with Crippen molar-refractivity contribution in [3.05, 3.63) is 89.2 Å². The highest BCUT2D eigenvalue weighted by molar-refractivity contribution is 6.69. The first kappa shape index (κ1) is 29.1. The van der Waals surface area contributed by atoms with Gasteiger partial charge in [0.1, 0.15) is 12.3 Å². The van der Waals surface area contributed by atoms with Gasteiger partial charge in [-0.3, -0.25) is 4.57 Å². The third kappa shape index (κ3) is 6.56. The smallest absolute Gasteiger partial charge is 0.407 e. The highest BCUT2D eigenvalue weighted by atomic mass is 19.3. The zero-order valence-electron chi connectivity index (χ0n) is 23.5. The van der Waals surface area contributed by atoms with Crippen molar-refractivity contribution >= 4 is 43.1 Å². The van der Waals surface area contributed by atoms with E-state index in [2.05, 4.69) is 15.0 Å². The van der Waals surface area contributed by atoms with Gasteiger partial charge in [0.2, 0.25) is 12.5 Å². The molecule has 1 radical (unpaired) electrons. The number of halogens is 2. The van der Waals surface area contributed by atoms with Crippen LogP contribution in [0.3, 0.4) is 0 Å². The maximum absolute atomic E-state index is 15.9. The molecule has 0 unspecified atom stereocenters. The fourth-order valence-corrected chi connectivity index (χ4v) is 5.02. The fraction of sp³-hybridized carbons (Fsp3) is 0.290. The van der Waals surface area contributed by atoms with Crippen LogP contribution in [0.4, 0.5) is 8.78 Å². The molecule has 2 aromatic rings. The number of ether oxygens (including phenoxy) is 1. The summed E-state index contributed by atoms with van der Waals surface area (Å²) in [7, 11) is 0. The molecule has 3 aliphatic heterocycles. The molecule has 0 bridgehead atoms. The SMILES string of the molecule is CCCN=C([O-])CCCC[NH+]=C(O)COc1ccc(/C=C/c2ccc3n2C(F)(F)N2B([C]4C=CC=[NH+]4)C=CC2=C3)cc1. The lowest BCUT2D eigenvalue weighted by molar-refractivity contribution is -0.468. The summed E-state index contributed by atoms with van der Waals surface area (Å²) < 4.78 is 38.5. The summed E-state index contributed by atoms with van der Waals surface area (Å²) in [5.74, 6) is 2.97. The minimum absolute atomic E-state index is 0.00354. The maximum atomic E-state index is 15.9. The largest absolute Gasteiger partial charge is 0.862 e. The van der Waals surface area contributed by atoms with Crippen molar-refractivity contribution in [1.29, 1.82) is 0 Å². The van der Waals surface area contributed by atoms with E-state index in [0.717, 1.165) is 27.8 Å². The number of nitrogens with one attached hydrogen (secondary N) is 2. The molecule has 0 aliphatic carbocycles. The van der Waals surface area contributed by atoms with Gasteiger partial charge in [-0.25, -0.2) is 9.98 Å². The molecular weight excluding hydrogens is 539 g/mol. The summed E-state index contributed by atoms with van der Waals surface area (Å²) in [6.45, 7) is 2.47. The standard InChI is InChI=1S/C31H34BF2N5O3/c1-2-18-36-29(40)7-3-4-19-37-30(41)22-42-27-14-9-23(10-15-27)8-11-24-12-13-25-21-26-16-17-32(28-6-5-20-35-28)39(26)31(33,34)38(24)25/h5-6,8-17,20-21,35H,2-4,7,18-19,22H2,1H3,(H,36,40)(H,37,41)/q+1/b11-8+. The Bertz CT molecular complexity index is 1460. The van der Waals surface area contributed by atoms with Crippen LogP contribution in [0.1, 0.15) is 49.6 Å². The molecule has 217 valence electrons. The second-order valence-electron chi connectivity index (χ2n) is 10.2. The highest BCUT2D eigenvalue weighted by Gasteiger charge is 2.55. The van der Waals surface area contributed by atoms with Gasteiger partial charge >= 0.3 is 18.9 Å². The summed E-state index contributed by atoms with van der Waals surface area (Å²) in [5, 5.41) is 21.6. The number of aromatic nitrogens is 1. The van der Waals surface area contributed by atoms with Crippen LogP contribution in [0.5, 0.6) is 5.75 Å². The van der Waals surface area contributed by atoms with E-state index >= 15 is 8.78 Å². The molecular formula is C31H34BF2N5O3+. The van der Waals surface area contributed by atoms with Gasteiger partial charge in [-0.1, -0.05) is 31.1 Å². The molecule has 1 aromatic heterocycles. The molecule has 0 saturated heterocycles. The first-order valence-corrected chi connectivity index (χ1v) is 14.2. The molecule has 8 nitrogen and oxygen atoms in total. The lowest BCUT2D eigenvalue weighted by Gasteiger charge is -2.38. The Morgan fingerprint density at radius 2 is 2.00 bits per heavy atom. The highest BCUT2D eigenvalue weighted by Crippen LogP contribution is 2.43. The van der Waals surface area contributed by atoms with E-state index in [9.17, 15) is 10.2 Å². The molecule has 1 aromatic carbocycles. The Morgan fingerprint density at radius 3 is 2.76 bits per heavy atom. The topological polar surface area (TPSA) is 101 Å². The molecule has 0 fully saturated rings. The number of aliphatic hydroxyl groups is 1. The number of aliphatic hydroxyl groups excluding tert-OH is 1. The summed E-state index contributed by atoms with van der Waals surface area (Å²) in [5.41, 5.74) is 2.10. The first-order chi connectivity index (χ1) is 20.4. The van der Waals surface area contributed by atoms with Crippen LogP contribution in [0.2, 0.25) is 0 Å². The van der Waals surface area contributed by atoms with E-state index in [4.69, 9.17) is 4.74 Å². The van der Waals surface area contributed by atoms with Crippen LogP contribution in [0, 0.1) is 5.94 Å². The van der Waals surface area contributed by atoms with Crippen molar-refractivity contribution in [3.8, 4) is 5.75 Å². The summed E-state index contributed by atoms with van der Waals surface area (Å²) in [4.78, 5) is 11.0. The first-order valence-electron chi connectivity index (χ1n) is 14.2. The predicted octanol–water partition coefficient (Wildman–Crippen LogP) is 1.47. The van der Waals surface area contributed by atoms with Crippen molar-refractivity contribution in [2.24, 2.45) is 4.99 Å². The number of benzene rings is 1. The van der Waals surface area contributed by atoms with Gasteiger partial charge in [0.25, 0.3) is 0 Å². The number of unbranched alkanes of at least 4 members (excludes halogenated alkanes) is 1. The number of allylic oxidation sites excluding steroid dienone is 2. The number of aliphatic imine (C=N–C) groups is 1. The average molecular weight is 573 g/mol. The van der Waals surface area contributed by atoms with Gasteiger partial charge in [0.15, 0.2) is 6.21 Å². The molecule has 0 spiro atoms. The van der Waals surface area contributed by atoms with Crippen LogP contribution in [-0.2, 0) is 6.17 Å². The van der Waals surface area contributed by atoms with Gasteiger partial charge in [-0.2, -0.15) is 8.78 Å². The van der Waals surface area contributed by atoms with Crippen molar-refractivity contribution in [1.82, 2.24) is 9.38 Å².